The van der Waals surface area contributed by atoms with Crippen molar-refractivity contribution >= 4 is 35.6 Å². The Morgan fingerprint density at radius 3 is 2.30 bits per heavy atom. The van der Waals surface area contributed by atoms with Crippen LogP contribution in [0.4, 0.5) is 5.69 Å². The van der Waals surface area contributed by atoms with E-state index >= 15 is 0 Å². The molecule has 2 N–H and O–H groups in total. The summed E-state index contributed by atoms with van der Waals surface area (Å²) < 4.78 is 16.2. The minimum Gasteiger partial charge on any atom is -0.493 e. The molecule has 0 saturated carbocycles. The lowest BCUT2D eigenvalue weighted by molar-refractivity contribution is 0.323. The number of rotatable bonds is 7. The number of anilines is 1. The van der Waals surface area contributed by atoms with Crippen LogP contribution >= 0.6 is 24.0 Å². The number of ether oxygens (including phenoxy) is 3. The van der Waals surface area contributed by atoms with Crippen LogP contribution in [0, 0.1) is 0 Å². The van der Waals surface area contributed by atoms with Gasteiger partial charge in [0, 0.05) is 38.4 Å². The quantitative estimate of drug-likeness (QED) is 0.328. The lowest BCUT2D eigenvalue weighted by Gasteiger charge is -2.20. The molecule has 0 aliphatic carbocycles. The van der Waals surface area contributed by atoms with Gasteiger partial charge in [0.05, 0.1) is 21.3 Å². The van der Waals surface area contributed by atoms with Crippen LogP contribution in [0.25, 0.3) is 0 Å². The largest absolute Gasteiger partial charge is 0.493 e. The first-order valence-electron chi connectivity index (χ1n) is 9.74. The zero-order valence-corrected chi connectivity index (χ0v) is 20.3. The summed E-state index contributed by atoms with van der Waals surface area (Å²) in [6.45, 7) is 2.58. The molecule has 1 heterocycles. The number of nitrogens with zero attached hydrogens (tertiary/aromatic N) is 2. The van der Waals surface area contributed by atoms with Crippen LogP contribution < -0.4 is 29.7 Å². The number of benzene rings is 2. The average Bonchev–Trinajstić information content (AvgIpc) is 3.24. The van der Waals surface area contributed by atoms with Crippen LogP contribution in [0.15, 0.2) is 47.5 Å². The molecule has 2 aromatic carbocycles. The van der Waals surface area contributed by atoms with E-state index in [1.165, 1.54) is 5.69 Å². The summed E-state index contributed by atoms with van der Waals surface area (Å²) in [5.41, 5.74) is 2.27. The van der Waals surface area contributed by atoms with Crippen molar-refractivity contribution in [1.82, 2.24) is 10.6 Å². The van der Waals surface area contributed by atoms with E-state index < -0.39 is 0 Å². The minimum atomic E-state index is 0. The molecule has 1 aliphatic heterocycles. The Balaban J connectivity index is 0.00000320. The van der Waals surface area contributed by atoms with Gasteiger partial charge in [0.2, 0.25) is 5.75 Å². The minimum absolute atomic E-state index is 0. The third kappa shape index (κ3) is 5.84. The molecule has 8 heteroatoms. The highest BCUT2D eigenvalue weighted by Gasteiger charge is 2.23. The first-order valence-corrected chi connectivity index (χ1v) is 9.74. The Bertz CT molecular complexity index is 807. The molecule has 1 aliphatic rings. The molecule has 30 heavy (non-hydrogen) atoms. The number of methoxy groups -OCH3 is 3. The highest BCUT2D eigenvalue weighted by atomic mass is 127. The van der Waals surface area contributed by atoms with E-state index in [1.807, 2.05) is 18.2 Å². The summed E-state index contributed by atoms with van der Waals surface area (Å²) in [5, 5.41) is 6.90. The molecular weight excluding hydrogens is 495 g/mol. The number of hydrogen-bond donors (Lipinski definition) is 2. The van der Waals surface area contributed by atoms with E-state index in [1.54, 1.807) is 28.4 Å². The van der Waals surface area contributed by atoms with Crippen LogP contribution in [0.5, 0.6) is 17.2 Å². The van der Waals surface area contributed by atoms with E-state index in [0.29, 0.717) is 29.8 Å². The van der Waals surface area contributed by atoms with Gasteiger partial charge >= 0.3 is 0 Å². The zero-order valence-electron chi connectivity index (χ0n) is 18.0. The molecule has 3 rings (SSSR count). The zero-order chi connectivity index (χ0) is 20.6. The van der Waals surface area contributed by atoms with Crippen molar-refractivity contribution in [3.63, 3.8) is 0 Å². The average molecular weight is 526 g/mol. The molecule has 0 amide bonds. The maximum Gasteiger partial charge on any atom is 0.203 e. The van der Waals surface area contributed by atoms with Gasteiger partial charge in [-0.2, -0.15) is 0 Å². The van der Waals surface area contributed by atoms with Gasteiger partial charge in [0.25, 0.3) is 0 Å². The van der Waals surface area contributed by atoms with E-state index in [9.17, 15) is 0 Å². The predicted octanol–water partition coefficient (Wildman–Crippen LogP) is 3.27. The predicted molar refractivity (Wildman–Crippen MR) is 132 cm³/mol. The molecule has 0 radical (unpaired) electrons. The van der Waals surface area contributed by atoms with Crippen molar-refractivity contribution in [2.45, 2.75) is 19.0 Å². The Morgan fingerprint density at radius 1 is 1.07 bits per heavy atom. The number of para-hydroxylation sites is 1. The number of aliphatic imine (C=N–C) groups is 1. The summed E-state index contributed by atoms with van der Waals surface area (Å²) >= 11 is 0. The number of guanidine groups is 1. The van der Waals surface area contributed by atoms with Crippen LogP contribution in [0.1, 0.15) is 12.0 Å². The fourth-order valence-corrected chi connectivity index (χ4v) is 3.56. The standard InChI is InChI=1S/C22H30N4O3.HI/c1-23-22(25-17-10-11-26(15-17)18-8-6-5-7-9-18)24-14-16-12-19(27-2)21(29-4)20(13-16)28-3;/h5-9,12-13,17H,10-11,14-15H2,1-4H3,(H2,23,24,25);1H. The van der Waals surface area contributed by atoms with Gasteiger partial charge in [-0.15, -0.1) is 24.0 Å². The smallest absolute Gasteiger partial charge is 0.203 e. The first kappa shape index (κ1) is 23.9. The van der Waals surface area contributed by atoms with Crippen LogP contribution in [0.3, 0.4) is 0 Å². The lowest BCUT2D eigenvalue weighted by atomic mass is 10.2. The first-order chi connectivity index (χ1) is 14.2. The van der Waals surface area contributed by atoms with E-state index in [4.69, 9.17) is 14.2 Å². The van der Waals surface area contributed by atoms with E-state index in [-0.39, 0.29) is 24.0 Å². The van der Waals surface area contributed by atoms with Gasteiger partial charge in [-0.25, -0.2) is 0 Å². The normalized spacial score (nSPS) is 15.9. The number of hydrogen-bond acceptors (Lipinski definition) is 5. The fraction of sp³-hybridized carbons (Fsp3) is 0.409. The fourth-order valence-electron chi connectivity index (χ4n) is 3.56. The molecule has 1 atom stereocenters. The van der Waals surface area contributed by atoms with Crippen molar-refractivity contribution < 1.29 is 14.2 Å². The highest BCUT2D eigenvalue weighted by molar-refractivity contribution is 14.0. The van der Waals surface area contributed by atoms with Crippen molar-refractivity contribution in [2.24, 2.45) is 4.99 Å². The topological polar surface area (TPSA) is 67.4 Å². The molecule has 0 bridgehead atoms. The molecule has 1 saturated heterocycles. The third-order valence-electron chi connectivity index (χ3n) is 5.06. The lowest BCUT2D eigenvalue weighted by Crippen LogP contribution is -2.44. The monoisotopic (exact) mass is 526 g/mol. The SMILES string of the molecule is CN=C(NCc1cc(OC)c(OC)c(OC)c1)NC1CCN(c2ccccc2)C1.I. The van der Waals surface area contributed by atoms with Gasteiger partial charge < -0.3 is 29.7 Å². The van der Waals surface area contributed by atoms with Gasteiger partial charge in [-0.3, -0.25) is 4.99 Å². The molecule has 1 unspecified atom stereocenters. The van der Waals surface area contributed by atoms with E-state index in [0.717, 1.165) is 31.0 Å². The number of nitrogens with one attached hydrogen (secondary N) is 2. The van der Waals surface area contributed by atoms with Gasteiger partial charge in [-0.1, -0.05) is 18.2 Å². The van der Waals surface area contributed by atoms with Gasteiger partial charge in [-0.05, 0) is 36.2 Å². The van der Waals surface area contributed by atoms with Crippen LogP contribution in [-0.4, -0.2) is 53.5 Å². The maximum absolute atomic E-state index is 5.43. The van der Waals surface area contributed by atoms with Crippen LogP contribution in [0.2, 0.25) is 0 Å². The highest BCUT2D eigenvalue weighted by Crippen LogP contribution is 2.38. The maximum atomic E-state index is 5.43. The molecule has 2 aromatic rings. The van der Waals surface area contributed by atoms with Crippen molar-refractivity contribution in [3.05, 3.63) is 48.0 Å². The Hall–Kier alpha value is -2.36. The Labute approximate surface area is 195 Å². The summed E-state index contributed by atoms with van der Waals surface area (Å²) in [6.07, 6.45) is 1.07. The molecule has 1 fully saturated rings. The molecule has 0 aromatic heterocycles. The Kier molecular flexibility index (Phi) is 9.35. The Morgan fingerprint density at radius 2 is 1.73 bits per heavy atom. The molecule has 7 nitrogen and oxygen atoms in total. The second kappa shape index (κ2) is 11.7. The number of halogens is 1. The van der Waals surface area contributed by atoms with Gasteiger partial charge in [0.1, 0.15) is 0 Å². The summed E-state index contributed by atoms with van der Waals surface area (Å²) in [7, 11) is 6.62. The van der Waals surface area contributed by atoms with Crippen LogP contribution in [-0.2, 0) is 6.54 Å². The van der Waals surface area contributed by atoms with Crippen molar-refractivity contribution in [2.75, 3.05) is 46.4 Å². The summed E-state index contributed by atoms with van der Waals surface area (Å²) in [6, 6.07) is 14.7. The summed E-state index contributed by atoms with van der Waals surface area (Å²) in [4.78, 5) is 6.76. The second-order valence-corrected chi connectivity index (χ2v) is 6.87. The molecule has 164 valence electrons. The second-order valence-electron chi connectivity index (χ2n) is 6.87. The third-order valence-corrected chi connectivity index (χ3v) is 5.06. The summed E-state index contributed by atoms with van der Waals surface area (Å²) in [5.74, 6) is 2.65. The van der Waals surface area contributed by atoms with Crippen molar-refractivity contribution in [1.29, 1.82) is 0 Å². The van der Waals surface area contributed by atoms with Crippen molar-refractivity contribution in [3.8, 4) is 17.2 Å². The molecule has 0 spiro atoms. The van der Waals surface area contributed by atoms with Gasteiger partial charge in [0.15, 0.2) is 17.5 Å². The molecular formula is C22H31IN4O3. The van der Waals surface area contributed by atoms with E-state index in [2.05, 4.69) is 44.8 Å².